The van der Waals surface area contributed by atoms with E-state index < -0.39 is 11.6 Å². The highest BCUT2D eigenvalue weighted by Crippen LogP contribution is 2.20. The molecule has 1 aromatic heterocycles. The predicted octanol–water partition coefficient (Wildman–Crippen LogP) is 1.49. The number of carboxylic acids is 1. The lowest BCUT2D eigenvalue weighted by Gasteiger charge is -2.18. The second kappa shape index (κ2) is 4.10. The second-order valence-corrected chi connectivity index (χ2v) is 4.88. The van der Waals surface area contributed by atoms with Gasteiger partial charge in [0.1, 0.15) is 0 Å². The van der Waals surface area contributed by atoms with E-state index in [1.165, 1.54) is 6.92 Å². The molecule has 0 bridgehead atoms. The van der Waals surface area contributed by atoms with Gasteiger partial charge in [0.25, 0.3) is 0 Å². The molecular formula is C13H16N2O3. The van der Waals surface area contributed by atoms with Crippen LogP contribution in [-0.2, 0) is 11.3 Å². The highest BCUT2D eigenvalue weighted by molar-refractivity contribution is 5.79. The number of hydrogen-bond donors (Lipinski definition) is 2. The van der Waals surface area contributed by atoms with Crippen molar-refractivity contribution in [1.29, 1.82) is 0 Å². The lowest BCUT2D eigenvalue weighted by atomic mass is 10.1. The molecule has 2 rings (SSSR count). The van der Waals surface area contributed by atoms with Crippen LogP contribution in [0.4, 0.5) is 0 Å². The summed E-state index contributed by atoms with van der Waals surface area (Å²) >= 11 is 0. The molecule has 0 radical (unpaired) electrons. The van der Waals surface area contributed by atoms with Crippen molar-refractivity contribution in [3.05, 3.63) is 29.6 Å². The number of aryl methyl sites for hydroxylation is 2. The molecule has 0 aliphatic rings. The molecule has 5 heteroatoms. The Morgan fingerprint density at radius 1 is 1.39 bits per heavy atom. The van der Waals surface area contributed by atoms with E-state index >= 15 is 0 Å². The molecule has 1 heterocycles. The standard InChI is InChI=1S/C13H16N2O3/c1-8-4-10-11(5-9(8)2)15(7-14-10)6-13(3,18)12(16)17/h4-5,7,18H,6H2,1-3H3,(H,16,17). The van der Waals surface area contributed by atoms with Crippen molar-refractivity contribution in [2.45, 2.75) is 32.9 Å². The van der Waals surface area contributed by atoms with Gasteiger partial charge < -0.3 is 14.8 Å². The van der Waals surface area contributed by atoms with E-state index in [0.717, 1.165) is 22.2 Å². The molecule has 96 valence electrons. The maximum Gasteiger partial charge on any atom is 0.337 e. The monoisotopic (exact) mass is 248 g/mol. The Balaban J connectivity index is 2.47. The first-order valence-electron chi connectivity index (χ1n) is 5.69. The summed E-state index contributed by atoms with van der Waals surface area (Å²) in [6.45, 7) is 5.24. The van der Waals surface area contributed by atoms with Gasteiger partial charge in [-0.1, -0.05) is 0 Å². The number of hydrogen-bond acceptors (Lipinski definition) is 3. The van der Waals surface area contributed by atoms with E-state index in [2.05, 4.69) is 4.98 Å². The number of carboxylic acid groups (broad SMARTS) is 1. The van der Waals surface area contributed by atoms with Gasteiger partial charge in [0, 0.05) is 0 Å². The van der Waals surface area contributed by atoms with Gasteiger partial charge in [-0.05, 0) is 44.0 Å². The molecule has 0 saturated carbocycles. The number of benzene rings is 1. The minimum Gasteiger partial charge on any atom is -0.479 e. The molecule has 1 unspecified atom stereocenters. The molecule has 0 aliphatic heterocycles. The predicted molar refractivity (Wildman–Crippen MR) is 67.5 cm³/mol. The number of rotatable bonds is 3. The minimum atomic E-state index is -1.80. The highest BCUT2D eigenvalue weighted by atomic mass is 16.4. The molecule has 0 fully saturated rings. The Morgan fingerprint density at radius 3 is 2.61 bits per heavy atom. The number of imidazole rings is 1. The zero-order valence-electron chi connectivity index (χ0n) is 10.6. The first kappa shape index (κ1) is 12.6. The van der Waals surface area contributed by atoms with Crippen molar-refractivity contribution >= 4 is 17.0 Å². The largest absolute Gasteiger partial charge is 0.479 e. The molecule has 0 spiro atoms. The average molecular weight is 248 g/mol. The smallest absolute Gasteiger partial charge is 0.337 e. The minimum absolute atomic E-state index is 0.0265. The van der Waals surface area contributed by atoms with Crippen LogP contribution in [0.15, 0.2) is 18.5 Å². The van der Waals surface area contributed by atoms with Crippen molar-refractivity contribution in [3.8, 4) is 0 Å². The van der Waals surface area contributed by atoms with Crippen LogP contribution in [0.2, 0.25) is 0 Å². The van der Waals surface area contributed by atoms with Gasteiger partial charge in [-0.2, -0.15) is 0 Å². The van der Waals surface area contributed by atoms with Gasteiger partial charge in [0.05, 0.1) is 23.9 Å². The number of aromatic nitrogens is 2. The summed E-state index contributed by atoms with van der Waals surface area (Å²) in [5.74, 6) is -1.24. The summed E-state index contributed by atoms with van der Waals surface area (Å²) in [5.41, 5.74) is 2.09. The number of aliphatic carboxylic acids is 1. The van der Waals surface area contributed by atoms with Crippen LogP contribution < -0.4 is 0 Å². The van der Waals surface area contributed by atoms with Gasteiger partial charge >= 0.3 is 5.97 Å². The molecule has 0 amide bonds. The van der Waals surface area contributed by atoms with Crippen molar-refractivity contribution in [2.75, 3.05) is 0 Å². The van der Waals surface area contributed by atoms with E-state index in [9.17, 15) is 9.90 Å². The van der Waals surface area contributed by atoms with E-state index in [4.69, 9.17) is 5.11 Å². The molecular weight excluding hydrogens is 232 g/mol. The molecule has 0 saturated heterocycles. The fraction of sp³-hybridized carbons (Fsp3) is 0.385. The van der Waals surface area contributed by atoms with E-state index in [1.54, 1.807) is 10.9 Å². The fourth-order valence-corrected chi connectivity index (χ4v) is 1.84. The van der Waals surface area contributed by atoms with Crippen molar-refractivity contribution in [2.24, 2.45) is 0 Å². The molecule has 0 aliphatic carbocycles. The van der Waals surface area contributed by atoms with Crippen LogP contribution in [0, 0.1) is 13.8 Å². The highest BCUT2D eigenvalue weighted by Gasteiger charge is 2.30. The lowest BCUT2D eigenvalue weighted by Crippen LogP contribution is -2.39. The Morgan fingerprint density at radius 2 is 2.00 bits per heavy atom. The maximum absolute atomic E-state index is 10.9. The summed E-state index contributed by atoms with van der Waals surface area (Å²) < 4.78 is 1.66. The Labute approximate surface area is 105 Å². The van der Waals surface area contributed by atoms with Crippen LogP contribution >= 0.6 is 0 Å². The van der Waals surface area contributed by atoms with Gasteiger partial charge in [-0.25, -0.2) is 9.78 Å². The summed E-state index contributed by atoms with van der Waals surface area (Å²) in [7, 11) is 0. The molecule has 2 N–H and O–H groups in total. The van der Waals surface area contributed by atoms with Gasteiger partial charge in [0.2, 0.25) is 0 Å². The lowest BCUT2D eigenvalue weighted by molar-refractivity contribution is -0.157. The average Bonchev–Trinajstić information content (AvgIpc) is 2.61. The quantitative estimate of drug-likeness (QED) is 0.862. The zero-order valence-corrected chi connectivity index (χ0v) is 10.6. The molecule has 18 heavy (non-hydrogen) atoms. The number of carbonyl (C=O) groups is 1. The Kier molecular flexibility index (Phi) is 2.86. The zero-order chi connectivity index (χ0) is 13.5. The van der Waals surface area contributed by atoms with Crippen molar-refractivity contribution < 1.29 is 15.0 Å². The topological polar surface area (TPSA) is 75.3 Å². The SMILES string of the molecule is Cc1cc2ncn(CC(C)(O)C(=O)O)c2cc1C. The van der Waals surface area contributed by atoms with Crippen molar-refractivity contribution in [3.63, 3.8) is 0 Å². The van der Waals surface area contributed by atoms with Gasteiger partial charge in [-0.3, -0.25) is 0 Å². The van der Waals surface area contributed by atoms with E-state index in [1.807, 2.05) is 26.0 Å². The van der Waals surface area contributed by atoms with E-state index in [-0.39, 0.29) is 6.54 Å². The Hall–Kier alpha value is -1.88. The van der Waals surface area contributed by atoms with Gasteiger partial charge in [0.15, 0.2) is 5.60 Å². The number of fused-ring (bicyclic) bond motifs is 1. The summed E-state index contributed by atoms with van der Waals surface area (Å²) in [6.07, 6.45) is 1.56. The van der Waals surface area contributed by atoms with Crippen molar-refractivity contribution in [1.82, 2.24) is 9.55 Å². The first-order chi connectivity index (χ1) is 8.31. The molecule has 5 nitrogen and oxygen atoms in total. The van der Waals surface area contributed by atoms with Crippen LogP contribution in [0.3, 0.4) is 0 Å². The number of nitrogens with zero attached hydrogens (tertiary/aromatic N) is 2. The van der Waals surface area contributed by atoms with Gasteiger partial charge in [-0.15, -0.1) is 0 Å². The van der Waals surface area contributed by atoms with Crippen LogP contribution in [-0.4, -0.2) is 31.3 Å². The third-order valence-corrected chi connectivity index (χ3v) is 3.18. The summed E-state index contributed by atoms with van der Waals surface area (Å²) in [5, 5.41) is 18.7. The Bertz CT molecular complexity index is 614. The third-order valence-electron chi connectivity index (χ3n) is 3.18. The van der Waals surface area contributed by atoms with Crippen LogP contribution in [0.1, 0.15) is 18.1 Å². The van der Waals surface area contributed by atoms with Crippen LogP contribution in [0.5, 0.6) is 0 Å². The summed E-state index contributed by atoms with van der Waals surface area (Å²) in [4.78, 5) is 15.1. The van der Waals surface area contributed by atoms with E-state index in [0.29, 0.717) is 0 Å². The second-order valence-electron chi connectivity index (χ2n) is 4.88. The molecule has 1 atom stereocenters. The first-order valence-corrected chi connectivity index (χ1v) is 5.69. The number of aliphatic hydroxyl groups is 1. The summed E-state index contributed by atoms with van der Waals surface area (Å²) in [6, 6.07) is 3.91. The normalized spacial score (nSPS) is 14.7. The fourth-order valence-electron chi connectivity index (χ4n) is 1.84. The molecule has 2 aromatic rings. The van der Waals surface area contributed by atoms with Crippen LogP contribution in [0.25, 0.3) is 11.0 Å². The maximum atomic E-state index is 10.9. The molecule has 1 aromatic carbocycles. The third kappa shape index (κ3) is 2.09.